The molecule has 0 unspecified atom stereocenters. The molecule has 0 saturated heterocycles. The first-order valence-electron chi connectivity index (χ1n) is 7.88. The molecule has 0 radical (unpaired) electrons. The number of nitrogens with one attached hydrogen (secondary N) is 1. The highest BCUT2D eigenvalue weighted by Crippen LogP contribution is 2.03. The Balaban J connectivity index is 1.52. The summed E-state index contributed by atoms with van der Waals surface area (Å²) >= 11 is 0. The molecule has 0 aliphatic carbocycles. The van der Waals surface area contributed by atoms with Gasteiger partial charge in [0.1, 0.15) is 13.2 Å². The minimum atomic E-state index is -0.489. The quantitative estimate of drug-likeness (QED) is 0.596. The number of amides is 1. The summed E-state index contributed by atoms with van der Waals surface area (Å²) in [6.07, 6.45) is 0.274. The summed E-state index contributed by atoms with van der Waals surface area (Å²) in [6.45, 7) is 0.867. The third-order valence-corrected chi connectivity index (χ3v) is 3.28. The SMILES string of the molecule is O=C(CCCNC(=O)OCc1ccccc1)OCc1ccccc1. The Kier molecular flexibility index (Phi) is 7.34. The predicted octanol–water partition coefficient (Wildman–Crippen LogP) is 3.44. The van der Waals surface area contributed by atoms with Gasteiger partial charge in [0.05, 0.1) is 0 Å². The van der Waals surface area contributed by atoms with Gasteiger partial charge < -0.3 is 14.8 Å². The van der Waals surface area contributed by atoms with Gasteiger partial charge in [0, 0.05) is 13.0 Å². The molecule has 1 amide bonds. The van der Waals surface area contributed by atoms with Gasteiger partial charge in [-0.3, -0.25) is 4.79 Å². The van der Waals surface area contributed by atoms with E-state index in [1.165, 1.54) is 0 Å². The van der Waals surface area contributed by atoms with Gasteiger partial charge in [0.25, 0.3) is 0 Å². The second kappa shape index (κ2) is 10.0. The number of ether oxygens (including phenoxy) is 2. The van der Waals surface area contributed by atoms with E-state index in [-0.39, 0.29) is 25.6 Å². The lowest BCUT2D eigenvalue weighted by Gasteiger charge is -2.07. The van der Waals surface area contributed by atoms with Crippen molar-refractivity contribution in [3.05, 3.63) is 71.8 Å². The van der Waals surface area contributed by atoms with Crippen LogP contribution in [-0.2, 0) is 27.5 Å². The number of hydrogen-bond donors (Lipinski definition) is 1. The summed E-state index contributed by atoms with van der Waals surface area (Å²) in [6, 6.07) is 19.0. The van der Waals surface area contributed by atoms with E-state index in [0.29, 0.717) is 13.0 Å². The summed E-state index contributed by atoms with van der Waals surface area (Å²) in [7, 11) is 0. The third-order valence-electron chi connectivity index (χ3n) is 3.28. The Hall–Kier alpha value is -2.82. The molecule has 2 rings (SSSR count). The zero-order valence-corrected chi connectivity index (χ0v) is 13.4. The molecule has 2 aromatic carbocycles. The fraction of sp³-hybridized carbons (Fsp3) is 0.263. The predicted molar refractivity (Wildman–Crippen MR) is 90.1 cm³/mol. The van der Waals surface area contributed by atoms with Crippen molar-refractivity contribution in [2.24, 2.45) is 0 Å². The van der Waals surface area contributed by atoms with Gasteiger partial charge in [-0.05, 0) is 17.5 Å². The van der Waals surface area contributed by atoms with E-state index in [9.17, 15) is 9.59 Å². The Morgan fingerprint density at radius 3 is 1.92 bits per heavy atom. The molecule has 0 fully saturated rings. The summed E-state index contributed by atoms with van der Waals surface area (Å²) in [5.41, 5.74) is 1.88. The van der Waals surface area contributed by atoms with E-state index in [4.69, 9.17) is 9.47 Å². The van der Waals surface area contributed by atoms with Gasteiger partial charge in [-0.1, -0.05) is 60.7 Å². The van der Waals surface area contributed by atoms with Crippen LogP contribution in [0.15, 0.2) is 60.7 Å². The van der Waals surface area contributed by atoms with Crippen molar-refractivity contribution in [3.8, 4) is 0 Å². The third kappa shape index (κ3) is 6.96. The summed E-state index contributed by atoms with van der Waals surface area (Å²) in [5.74, 6) is -0.279. The first-order valence-corrected chi connectivity index (χ1v) is 7.88. The first-order chi connectivity index (χ1) is 11.7. The molecule has 5 heteroatoms. The van der Waals surface area contributed by atoms with Crippen LogP contribution in [0.3, 0.4) is 0 Å². The molecule has 126 valence electrons. The van der Waals surface area contributed by atoms with Gasteiger partial charge in [-0.25, -0.2) is 4.79 Å². The molecule has 2 aromatic rings. The number of carbonyl (C=O) groups is 2. The molecular weight excluding hydrogens is 306 g/mol. The number of alkyl carbamates (subject to hydrolysis) is 1. The maximum absolute atomic E-state index is 11.6. The van der Waals surface area contributed by atoms with E-state index >= 15 is 0 Å². The standard InChI is InChI=1S/C19H21NO4/c21-18(23-14-16-8-3-1-4-9-16)12-7-13-20-19(22)24-15-17-10-5-2-6-11-17/h1-6,8-11H,7,12-15H2,(H,20,22). The molecule has 24 heavy (non-hydrogen) atoms. The van der Waals surface area contributed by atoms with Gasteiger partial charge in [-0.15, -0.1) is 0 Å². The Labute approximate surface area is 141 Å². The van der Waals surface area contributed by atoms with Crippen LogP contribution in [0.2, 0.25) is 0 Å². The average Bonchev–Trinajstić information content (AvgIpc) is 2.63. The van der Waals surface area contributed by atoms with E-state index in [1.54, 1.807) is 0 Å². The summed E-state index contributed by atoms with van der Waals surface area (Å²) in [4.78, 5) is 23.1. The molecule has 1 N–H and O–H groups in total. The number of benzene rings is 2. The van der Waals surface area contributed by atoms with E-state index < -0.39 is 6.09 Å². The number of esters is 1. The maximum Gasteiger partial charge on any atom is 0.407 e. The molecule has 0 bridgehead atoms. The van der Waals surface area contributed by atoms with Crippen molar-refractivity contribution >= 4 is 12.1 Å². The van der Waals surface area contributed by atoms with Crippen LogP contribution in [0.5, 0.6) is 0 Å². The molecule has 0 spiro atoms. The zero-order chi connectivity index (χ0) is 17.0. The monoisotopic (exact) mass is 327 g/mol. The van der Waals surface area contributed by atoms with Crippen LogP contribution in [0.1, 0.15) is 24.0 Å². The maximum atomic E-state index is 11.6. The fourth-order valence-electron chi connectivity index (χ4n) is 2.01. The second-order valence-corrected chi connectivity index (χ2v) is 5.24. The lowest BCUT2D eigenvalue weighted by atomic mass is 10.2. The van der Waals surface area contributed by atoms with E-state index in [1.807, 2.05) is 60.7 Å². The molecular formula is C19H21NO4. The highest BCUT2D eigenvalue weighted by molar-refractivity contribution is 5.70. The summed E-state index contributed by atoms with van der Waals surface area (Å²) in [5, 5.41) is 2.61. The molecule has 0 heterocycles. The van der Waals surface area contributed by atoms with Crippen LogP contribution < -0.4 is 5.32 Å². The minimum Gasteiger partial charge on any atom is -0.461 e. The van der Waals surface area contributed by atoms with Crippen LogP contribution in [0, 0.1) is 0 Å². The topological polar surface area (TPSA) is 64.6 Å². The Bertz CT molecular complexity index is 571. The van der Waals surface area contributed by atoms with Crippen molar-refractivity contribution in [3.63, 3.8) is 0 Å². The van der Waals surface area contributed by atoms with E-state index in [0.717, 1.165) is 11.1 Å². The van der Waals surface area contributed by atoms with Crippen LogP contribution in [-0.4, -0.2) is 18.6 Å². The molecule has 0 aliphatic rings. The average molecular weight is 327 g/mol. The first kappa shape index (κ1) is 17.5. The van der Waals surface area contributed by atoms with Crippen molar-refractivity contribution < 1.29 is 19.1 Å². The molecule has 0 atom stereocenters. The highest BCUT2D eigenvalue weighted by Gasteiger charge is 2.05. The zero-order valence-electron chi connectivity index (χ0n) is 13.4. The van der Waals surface area contributed by atoms with Crippen molar-refractivity contribution in [2.45, 2.75) is 26.1 Å². The van der Waals surface area contributed by atoms with Crippen LogP contribution in [0.4, 0.5) is 4.79 Å². The van der Waals surface area contributed by atoms with Gasteiger partial charge in [0.15, 0.2) is 0 Å². The van der Waals surface area contributed by atoms with Gasteiger partial charge >= 0.3 is 12.1 Å². The minimum absolute atomic E-state index is 0.228. The van der Waals surface area contributed by atoms with Gasteiger partial charge in [0.2, 0.25) is 0 Å². The van der Waals surface area contributed by atoms with Crippen molar-refractivity contribution in [1.29, 1.82) is 0 Å². The summed E-state index contributed by atoms with van der Waals surface area (Å²) < 4.78 is 10.2. The lowest BCUT2D eigenvalue weighted by Crippen LogP contribution is -2.25. The Morgan fingerprint density at radius 1 is 0.792 bits per heavy atom. The molecule has 5 nitrogen and oxygen atoms in total. The molecule has 0 aromatic heterocycles. The van der Waals surface area contributed by atoms with E-state index in [2.05, 4.69) is 5.32 Å². The Morgan fingerprint density at radius 2 is 1.33 bits per heavy atom. The largest absolute Gasteiger partial charge is 0.461 e. The number of hydrogen-bond acceptors (Lipinski definition) is 4. The second-order valence-electron chi connectivity index (χ2n) is 5.24. The van der Waals surface area contributed by atoms with Crippen LogP contribution in [0.25, 0.3) is 0 Å². The van der Waals surface area contributed by atoms with Crippen LogP contribution >= 0.6 is 0 Å². The lowest BCUT2D eigenvalue weighted by molar-refractivity contribution is -0.145. The smallest absolute Gasteiger partial charge is 0.407 e. The number of rotatable bonds is 8. The van der Waals surface area contributed by atoms with Crippen molar-refractivity contribution in [1.82, 2.24) is 5.32 Å². The molecule has 0 saturated carbocycles. The molecule has 0 aliphatic heterocycles. The van der Waals surface area contributed by atoms with Crippen molar-refractivity contribution in [2.75, 3.05) is 6.54 Å². The highest BCUT2D eigenvalue weighted by atomic mass is 16.5. The van der Waals surface area contributed by atoms with Gasteiger partial charge in [-0.2, -0.15) is 0 Å². The normalized spacial score (nSPS) is 10.0. The number of carbonyl (C=O) groups excluding carboxylic acids is 2. The fourth-order valence-corrected chi connectivity index (χ4v) is 2.01.